The molecule has 0 saturated heterocycles. The summed E-state index contributed by atoms with van der Waals surface area (Å²) >= 11 is 0. The van der Waals surface area contributed by atoms with Crippen molar-refractivity contribution in [2.75, 3.05) is 0 Å². The number of benzene rings is 1. The number of carbonyl (C=O) groups excluding carboxylic acids is 2. The van der Waals surface area contributed by atoms with Crippen LogP contribution < -0.4 is 0 Å². The van der Waals surface area contributed by atoms with Crippen LogP contribution >= 0.6 is 0 Å². The van der Waals surface area contributed by atoms with E-state index in [1.54, 1.807) is 0 Å². The zero-order valence-corrected chi connectivity index (χ0v) is 17.9. The molecule has 1 aromatic carbocycles. The summed E-state index contributed by atoms with van der Waals surface area (Å²) in [5.74, 6) is 1.45. The van der Waals surface area contributed by atoms with Crippen molar-refractivity contribution in [1.29, 1.82) is 0 Å². The van der Waals surface area contributed by atoms with Crippen LogP contribution in [-0.2, 0) is 20.4 Å². The zero-order valence-electron chi connectivity index (χ0n) is 17.1. The second-order valence-corrected chi connectivity index (χ2v) is 11.4. The standard InChI is InChI=1S/C25H28O3S/c1-24-12-10-17(26)14-16(24)8-9-19-20(24)11-13-25(2)21(19)15-22(23(25)27)29(28)18-6-4-3-5-7-18/h3-9,14,19-22H,10-13,15H2,1-2H3/t19-,20+,21+,22?,24+,25+,29?/m1/s1. The van der Waals surface area contributed by atoms with E-state index in [4.69, 9.17) is 0 Å². The second kappa shape index (κ2) is 6.60. The summed E-state index contributed by atoms with van der Waals surface area (Å²) in [4.78, 5) is 26.2. The summed E-state index contributed by atoms with van der Waals surface area (Å²) in [5, 5.41) is -0.405. The molecular formula is C25H28O3S. The lowest BCUT2D eigenvalue weighted by Gasteiger charge is -2.54. The largest absolute Gasteiger partial charge is 0.298 e. The van der Waals surface area contributed by atoms with Gasteiger partial charge < -0.3 is 0 Å². The lowest BCUT2D eigenvalue weighted by atomic mass is 9.49. The Bertz CT molecular complexity index is 962. The molecule has 152 valence electrons. The van der Waals surface area contributed by atoms with Crippen LogP contribution in [0.15, 0.2) is 59.0 Å². The zero-order chi connectivity index (χ0) is 20.4. The normalized spacial score (nSPS) is 41.9. The van der Waals surface area contributed by atoms with Crippen LogP contribution in [-0.4, -0.2) is 21.0 Å². The predicted molar refractivity (Wildman–Crippen MR) is 114 cm³/mol. The van der Waals surface area contributed by atoms with Crippen LogP contribution in [0.2, 0.25) is 0 Å². The quantitative estimate of drug-likeness (QED) is 0.716. The molecule has 4 heteroatoms. The van der Waals surface area contributed by atoms with Crippen molar-refractivity contribution in [3.05, 3.63) is 54.1 Å². The SMILES string of the molecule is C[C@]12CCC(=O)C=C1C=C[C@@H]1[C@@H]2CC[C@]2(C)C(=O)C(S(=O)c3ccccc3)C[C@@H]12. The molecular weight excluding hydrogens is 380 g/mol. The molecule has 0 aromatic heterocycles. The van der Waals surface area contributed by atoms with Crippen LogP contribution in [0.1, 0.15) is 46.0 Å². The summed E-state index contributed by atoms with van der Waals surface area (Å²) < 4.78 is 13.3. The first kappa shape index (κ1) is 19.2. The monoisotopic (exact) mass is 408 g/mol. The topological polar surface area (TPSA) is 51.2 Å². The van der Waals surface area contributed by atoms with Crippen molar-refractivity contribution >= 4 is 22.4 Å². The first-order chi connectivity index (χ1) is 13.8. The van der Waals surface area contributed by atoms with Gasteiger partial charge in [0.05, 0.1) is 16.0 Å². The Hall–Kier alpha value is -1.81. The van der Waals surface area contributed by atoms with Crippen LogP contribution in [0.25, 0.3) is 0 Å². The van der Waals surface area contributed by atoms with Crippen LogP contribution in [0.3, 0.4) is 0 Å². The van der Waals surface area contributed by atoms with Gasteiger partial charge in [-0.2, -0.15) is 0 Å². The maximum absolute atomic E-state index is 13.5. The Kier molecular flexibility index (Phi) is 4.36. The molecule has 29 heavy (non-hydrogen) atoms. The van der Waals surface area contributed by atoms with Gasteiger partial charge in [-0.15, -0.1) is 0 Å². The summed E-state index contributed by atoms with van der Waals surface area (Å²) in [6, 6.07) is 9.43. The summed E-state index contributed by atoms with van der Waals surface area (Å²) in [5.41, 5.74) is 0.809. The van der Waals surface area contributed by atoms with E-state index in [1.807, 2.05) is 36.4 Å². The third kappa shape index (κ3) is 2.71. The molecule has 2 unspecified atom stereocenters. The minimum atomic E-state index is -1.30. The number of hydrogen-bond donors (Lipinski definition) is 0. The molecule has 0 heterocycles. The Morgan fingerprint density at radius 1 is 1.00 bits per heavy atom. The molecule has 0 N–H and O–H groups in total. The fourth-order valence-electron chi connectivity index (χ4n) is 6.67. The van der Waals surface area contributed by atoms with Crippen molar-refractivity contribution in [2.24, 2.45) is 28.6 Å². The molecule has 7 atom stereocenters. The molecule has 5 rings (SSSR count). The van der Waals surface area contributed by atoms with Crippen molar-refractivity contribution in [3.63, 3.8) is 0 Å². The van der Waals surface area contributed by atoms with Crippen molar-refractivity contribution in [3.8, 4) is 0 Å². The van der Waals surface area contributed by atoms with E-state index in [-0.39, 0.29) is 28.3 Å². The van der Waals surface area contributed by atoms with Gasteiger partial charge in [0.1, 0.15) is 0 Å². The first-order valence-electron chi connectivity index (χ1n) is 10.8. The fourth-order valence-corrected chi connectivity index (χ4v) is 8.27. The van der Waals surface area contributed by atoms with Gasteiger partial charge in [-0.1, -0.05) is 44.2 Å². The highest BCUT2D eigenvalue weighted by molar-refractivity contribution is 7.86. The van der Waals surface area contributed by atoms with E-state index >= 15 is 0 Å². The summed E-state index contributed by atoms with van der Waals surface area (Å²) in [6.45, 7) is 4.43. The predicted octanol–water partition coefficient (Wildman–Crippen LogP) is 4.65. The number of ketones is 2. The smallest absolute Gasteiger partial charge is 0.156 e. The second-order valence-electron chi connectivity index (χ2n) is 9.79. The molecule has 0 bridgehead atoms. The highest BCUT2D eigenvalue weighted by atomic mass is 32.2. The van der Waals surface area contributed by atoms with Crippen LogP contribution in [0, 0.1) is 28.6 Å². The van der Waals surface area contributed by atoms with E-state index in [1.165, 1.54) is 5.57 Å². The molecule has 0 radical (unpaired) electrons. The number of fused-ring (bicyclic) bond motifs is 5. The molecule has 2 saturated carbocycles. The van der Waals surface area contributed by atoms with Gasteiger partial charge in [-0.25, -0.2) is 0 Å². The third-order valence-electron chi connectivity index (χ3n) is 8.46. The van der Waals surface area contributed by atoms with Gasteiger partial charge in [0.25, 0.3) is 0 Å². The van der Waals surface area contributed by atoms with Gasteiger partial charge in [0.2, 0.25) is 0 Å². The maximum Gasteiger partial charge on any atom is 0.156 e. The van der Waals surface area contributed by atoms with Gasteiger partial charge >= 0.3 is 0 Å². The average molecular weight is 409 g/mol. The van der Waals surface area contributed by atoms with Crippen LogP contribution in [0.4, 0.5) is 0 Å². The minimum Gasteiger partial charge on any atom is -0.298 e. The van der Waals surface area contributed by atoms with E-state index in [0.717, 1.165) is 24.2 Å². The Morgan fingerprint density at radius 2 is 1.76 bits per heavy atom. The highest BCUT2D eigenvalue weighted by Gasteiger charge is 2.61. The molecule has 0 spiro atoms. The molecule has 0 aliphatic heterocycles. The summed E-state index contributed by atoms with van der Waals surface area (Å²) in [7, 11) is -1.30. The van der Waals surface area contributed by atoms with E-state index < -0.39 is 16.0 Å². The fraction of sp³-hybridized carbons (Fsp3) is 0.520. The number of allylic oxidation sites excluding steroid dienone is 4. The van der Waals surface area contributed by atoms with Gasteiger partial charge in [0, 0.05) is 16.7 Å². The van der Waals surface area contributed by atoms with Crippen molar-refractivity contribution in [2.45, 2.75) is 56.1 Å². The number of rotatable bonds is 2. The number of carbonyl (C=O) groups is 2. The lowest BCUT2D eigenvalue weighted by Crippen LogP contribution is -2.49. The Morgan fingerprint density at radius 3 is 2.52 bits per heavy atom. The molecule has 4 aliphatic carbocycles. The van der Waals surface area contributed by atoms with E-state index in [2.05, 4.69) is 26.0 Å². The molecule has 0 amide bonds. The molecule has 4 aliphatic rings. The van der Waals surface area contributed by atoms with Crippen molar-refractivity contribution < 1.29 is 13.8 Å². The maximum atomic E-state index is 13.5. The summed E-state index contributed by atoms with van der Waals surface area (Å²) in [6.07, 6.45) is 10.4. The van der Waals surface area contributed by atoms with Crippen molar-refractivity contribution in [1.82, 2.24) is 0 Å². The Labute approximate surface area is 175 Å². The van der Waals surface area contributed by atoms with Gasteiger partial charge in [0.15, 0.2) is 11.6 Å². The lowest BCUT2D eigenvalue weighted by molar-refractivity contribution is -0.130. The molecule has 3 nitrogen and oxygen atoms in total. The van der Waals surface area contributed by atoms with Gasteiger partial charge in [-0.05, 0) is 72.6 Å². The van der Waals surface area contributed by atoms with Gasteiger partial charge in [-0.3, -0.25) is 13.8 Å². The highest BCUT2D eigenvalue weighted by Crippen LogP contribution is 2.63. The van der Waals surface area contributed by atoms with Crippen LogP contribution in [0.5, 0.6) is 0 Å². The molecule has 2 fully saturated rings. The third-order valence-corrected chi connectivity index (χ3v) is 10.1. The van der Waals surface area contributed by atoms with E-state index in [9.17, 15) is 13.8 Å². The number of hydrogen-bond acceptors (Lipinski definition) is 3. The average Bonchev–Trinajstić information content (AvgIpc) is 3.00. The van der Waals surface area contributed by atoms with E-state index in [0.29, 0.717) is 24.7 Å². The Balaban J connectivity index is 1.50. The molecule has 1 aromatic rings. The minimum absolute atomic E-state index is 0.0222. The number of Topliss-reactive ketones (excluding diaryl/α,β-unsaturated/α-hetero) is 1. The first-order valence-corrected chi connectivity index (χ1v) is 12.0.